The zero-order valence-electron chi connectivity index (χ0n) is 18.9. The van der Waals surface area contributed by atoms with Crippen LogP contribution in [0.5, 0.6) is 0 Å². The SMILES string of the molecule is CCCC[C@@H](CC)CNC(=O)CCc1nc2cc(S(=O)(=O)N(C)C)ccc2n1CC. The van der Waals surface area contributed by atoms with Crippen LogP contribution < -0.4 is 5.32 Å². The van der Waals surface area contributed by atoms with Gasteiger partial charge in [-0.2, -0.15) is 0 Å². The van der Waals surface area contributed by atoms with Crippen LogP contribution in [0.3, 0.4) is 0 Å². The number of aromatic nitrogens is 2. The van der Waals surface area contributed by atoms with Gasteiger partial charge in [0.05, 0.1) is 15.9 Å². The predicted octanol–water partition coefficient (Wildman–Crippen LogP) is 3.57. The minimum absolute atomic E-state index is 0.0375. The van der Waals surface area contributed by atoms with Gasteiger partial charge in [-0.25, -0.2) is 17.7 Å². The molecular weight excluding hydrogens is 400 g/mol. The molecule has 0 saturated carbocycles. The summed E-state index contributed by atoms with van der Waals surface area (Å²) in [5, 5.41) is 3.06. The molecule has 1 aromatic heterocycles. The zero-order chi connectivity index (χ0) is 22.3. The lowest BCUT2D eigenvalue weighted by Crippen LogP contribution is -2.29. The molecule has 2 aromatic rings. The average Bonchev–Trinajstić information content (AvgIpc) is 3.08. The summed E-state index contributed by atoms with van der Waals surface area (Å²) in [6, 6.07) is 5.02. The summed E-state index contributed by atoms with van der Waals surface area (Å²) in [6.07, 6.45) is 5.49. The number of unbranched alkanes of at least 4 members (excludes halogenated alkanes) is 1. The summed E-state index contributed by atoms with van der Waals surface area (Å²) >= 11 is 0. The van der Waals surface area contributed by atoms with Crippen LogP contribution in [0.4, 0.5) is 0 Å². The number of benzene rings is 1. The van der Waals surface area contributed by atoms with Gasteiger partial charge in [-0.1, -0.05) is 33.1 Å². The van der Waals surface area contributed by atoms with Crippen molar-refractivity contribution in [1.29, 1.82) is 0 Å². The summed E-state index contributed by atoms with van der Waals surface area (Å²) in [7, 11) is -0.482. The van der Waals surface area contributed by atoms with E-state index in [1.165, 1.54) is 31.2 Å². The number of carbonyl (C=O) groups is 1. The lowest BCUT2D eigenvalue weighted by atomic mass is 9.99. The van der Waals surface area contributed by atoms with E-state index in [-0.39, 0.29) is 10.8 Å². The molecule has 1 amide bonds. The number of hydrogen-bond donors (Lipinski definition) is 1. The van der Waals surface area contributed by atoms with Gasteiger partial charge in [0.2, 0.25) is 15.9 Å². The first-order chi connectivity index (χ1) is 14.2. The molecule has 30 heavy (non-hydrogen) atoms. The number of nitrogens with one attached hydrogen (secondary N) is 1. The third kappa shape index (κ3) is 5.82. The van der Waals surface area contributed by atoms with Crippen LogP contribution in [0.15, 0.2) is 23.1 Å². The molecule has 0 aliphatic carbocycles. The maximum absolute atomic E-state index is 12.4. The van der Waals surface area contributed by atoms with Crippen molar-refractivity contribution in [3.8, 4) is 0 Å². The molecule has 2 rings (SSSR count). The first-order valence-corrected chi connectivity index (χ1v) is 12.4. The highest BCUT2D eigenvalue weighted by Gasteiger charge is 2.20. The first kappa shape index (κ1) is 24.3. The van der Waals surface area contributed by atoms with Gasteiger partial charge in [-0.3, -0.25) is 4.79 Å². The Morgan fingerprint density at radius 1 is 1.23 bits per heavy atom. The molecule has 8 heteroatoms. The van der Waals surface area contributed by atoms with Gasteiger partial charge in [0.25, 0.3) is 0 Å². The minimum Gasteiger partial charge on any atom is -0.356 e. The van der Waals surface area contributed by atoms with Gasteiger partial charge in [0.1, 0.15) is 5.82 Å². The van der Waals surface area contributed by atoms with Crippen LogP contribution in [0.1, 0.15) is 58.7 Å². The minimum atomic E-state index is -3.51. The van der Waals surface area contributed by atoms with E-state index < -0.39 is 10.0 Å². The number of rotatable bonds is 12. The maximum atomic E-state index is 12.4. The number of carbonyl (C=O) groups excluding carboxylic acids is 1. The number of amides is 1. The number of nitrogens with zero attached hydrogens (tertiary/aromatic N) is 3. The lowest BCUT2D eigenvalue weighted by molar-refractivity contribution is -0.121. The molecular formula is C22H36N4O3S. The van der Waals surface area contributed by atoms with E-state index in [1.54, 1.807) is 18.2 Å². The molecule has 1 aromatic carbocycles. The number of imidazole rings is 1. The Morgan fingerprint density at radius 2 is 1.97 bits per heavy atom. The molecule has 0 radical (unpaired) electrons. The molecule has 1 atom stereocenters. The highest BCUT2D eigenvalue weighted by atomic mass is 32.2. The van der Waals surface area contributed by atoms with Crippen molar-refractivity contribution in [2.45, 2.75) is 70.7 Å². The number of aryl methyl sites for hydroxylation is 2. The highest BCUT2D eigenvalue weighted by Crippen LogP contribution is 2.22. The summed E-state index contributed by atoms with van der Waals surface area (Å²) in [5.41, 5.74) is 1.53. The Labute approximate surface area is 180 Å². The molecule has 0 saturated heterocycles. The zero-order valence-corrected chi connectivity index (χ0v) is 19.8. The van der Waals surface area contributed by atoms with Crippen LogP contribution in [-0.2, 0) is 27.8 Å². The van der Waals surface area contributed by atoms with E-state index >= 15 is 0 Å². The molecule has 7 nitrogen and oxygen atoms in total. The fourth-order valence-electron chi connectivity index (χ4n) is 3.59. The van der Waals surface area contributed by atoms with Gasteiger partial charge < -0.3 is 9.88 Å². The van der Waals surface area contributed by atoms with Crippen molar-refractivity contribution >= 4 is 27.0 Å². The second-order valence-electron chi connectivity index (χ2n) is 7.93. The van der Waals surface area contributed by atoms with Crippen LogP contribution in [-0.4, -0.2) is 48.8 Å². The van der Waals surface area contributed by atoms with E-state index in [0.717, 1.165) is 30.7 Å². The third-order valence-electron chi connectivity index (χ3n) is 5.60. The van der Waals surface area contributed by atoms with E-state index in [1.807, 2.05) is 11.5 Å². The molecule has 0 spiro atoms. The topological polar surface area (TPSA) is 84.3 Å². The molecule has 0 aliphatic heterocycles. The molecule has 1 heterocycles. The smallest absolute Gasteiger partial charge is 0.242 e. The molecule has 0 bridgehead atoms. The quantitative estimate of drug-likeness (QED) is 0.551. The molecule has 0 fully saturated rings. The van der Waals surface area contributed by atoms with Crippen molar-refractivity contribution in [3.63, 3.8) is 0 Å². The summed E-state index contributed by atoms with van der Waals surface area (Å²) in [5.74, 6) is 1.38. The van der Waals surface area contributed by atoms with Gasteiger partial charge in [-0.15, -0.1) is 0 Å². The van der Waals surface area contributed by atoms with Crippen LogP contribution in [0.2, 0.25) is 0 Å². The van der Waals surface area contributed by atoms with E-state index in [0.29, 0.717) is 30.8 Å². The normalized spacial score (nSPS) is 13.1. The number of sulfonamides is 1. The van der Waals surface area contributed by atoms with E-state index in [4.69, 9.17) is 0 Å². The second kappa shape index (κ2) is 10.9. The van der Waals surface area contributed by atoms with Gasteiger partial charge in [0.15, 0.2) is 0 Å². The summed E-state index contributed by atoms with van der Waals surface area (Å²) < 4.78 is 28.1. The van der Waals surface area contributed by atoms with Gasteiger partial charge in [0, 0.05) is 40.0 Å². The fraction of sp³-hybridized carbons (Fsp3) is 0.636. The largest absolute Gasteiger partial charge is 0.356 e. The number of fused-ring (bicyclic) bond motifs is 1. The molecule has 1 N–H and O–H groups in total. The predicted molar refractivity (Wildman–Crippen MR) is 121 cm³/mol. The molecule has 0 aliphatic rings. The monoisotopic (exact) mass is 436 g/mol. The third-order valence-corrected chi connectivity index (χ3v) is 7.41. The standard InChI is InChI=1S/C22H36N4O3S/c1-6-9-10-17(7-2)16-23-22(27)14-13-21-24-19-15-18(30(28,29)25(4)5)11-12-20(19)26(21)8-3/h11-12,15,17H,6-10,13-14,16H2,1-5H3,(H,23,27)/t17-/m1/s1. The van der Waals surface area contributed by atoms with Crippen LogP contribution in [0, 0.1) is 5.92 Å². The lowest BCUT2D eigenvalue weighted by Gasteiger charge is -2.15. The number of hydrogen-bond acceptors (Lipinski definition) is 4. The highest BCUT2D eigenvalue weighted by molar-refractivity contribution is 7.89. The summed E-state index contributed by atoms with van der Waals surface area (Å²) in [6.45, 7) is 7.81. The van der Waals surface area contributed by atoms with Gasteiger partial charge in [-0.05, 0) is 37.5 Å². The van der Waals surface area contributed by atoms with Crippen molar-refractivity contribution in [2.75, 3.05) is 20.6 Å². The van der Waals surface area contributed by atoms with Gasteiger partial charge >= 0.3 is 0 Å². The van der Waals surface area contributed by atoms with Crippen molar-refractivity contribution in [3.05, 3.63) is 24.0 Å². The summed E-state index contributed by atoms with van der Waals surface area (Å²) in [4.78, 5) is 17.2. The Morgan fingerprint density at radius 3 is 2.57 bits per heavy atom. The van der Waals surface area contributed by atoms with Crippen molar-refractivity contribution < 1.29 is 13.2 Å². The Bertz CT molecular complexity index is 951. The fourth-order valence-corrected chi connectivity index (χ4v) is 4.51. The Kier molecular flexibility index (Phi) is 8.85. The van der Waals surface area contributed by atoms with Crippen molar-refractivity contribution in [2.24, 2.45) is 5.92 Å². The second-order valence-corrected chi connectivity index (χ2v) is 10.1. The van der Waals surface area contributed by atoms with Crippen LogP contribution >= 0.6 is 0 Å². The van der Waals surface area contributed by atoms with Crippen LogP contribution in [0.25, 0.3) is 11.0 Å². The van der Waals surface area contributed by atoms with E-state index in [2.05, 4.69) is 24.1 Å². The van der Waals surface area contributed by atoms with Crippen molar-refractivity contribution in [1.82, 2.24) is 19.2 Å². The molecule has 0 unspecified atom stereocenters. The Hall–Kier alpha value is -1.93. The maximum Gasteiger partial charge on any atom is 0.242 e. The average molecular weight is 437 g/mol. The Balaban J connectivity index is 2.09. The first-order valence-electron chi connectivity index (χ1n) is 10.9. The molecule has 168 valence electrons. The van der Waals surface area contributed by atoms with E-state index in [9.17, 15) is 13.2 Å².